The summed E-state index contributed by atoms with van der Waals surface area (Å²) in [6.07, 6.45) is -12.8. The van der Waals surface area contributed by atoms with Gasteiger partial charge < -0.3 is 1.43 Å². The van der Waals surface area contributed by atoms with Crippen molar-refractivity contribution >= 4 is 37.4 Å². The Hall–Kier alpha value is 0.899. The Kier molecular flexibility index (Phi) is 8.63. The van der Waals surface area contributed by atoms with Gasteiger partial charge in [0.2, 0.25) is 0 Å². The van der Waals surface area contributed by atoms with Crippen molar-refractivity contribution in [2.75, 3.05) is 0 Å². The van der Waals surface area contributed by atoms with Crippen molar-refractivity contribution in [1.29, 1.82) is 0 Å². The summed E-state index contributed by atoms with van der Waals surface area (Å²) in [6, 6.07) is 0. The van der Waals surface area contributed by atoms with Gasteiger partial charge >= 0.3 is 74.0 Å². The first-order valence-corrected chi connectivity index (χ1v) is 4.14. The van der Waals surface area contributed by atoms with E-state index in [9.17, 15) is 39.2 Å². The van der Waals surface area contributed by atoms with Crippen molar-refractivity contribution in [3.8, 4) is 0 Å². The van der Waals surface area contributed by atoms with E-state index in [4.69, 9.17) is 4.55 Å². The van der Waals surface area contributed by atoms with E-state index in [2.05, 4.69) is 0 Å². The molecule has 0 fully saturated rings. The van der Waals surface area contributed by atoms with Crippen LogP contribution in [0.25, 0.3) is 0 Å². The Morgan fingerprint density at radius 2 is 1.29 bits per heavy atom. The summed E-state index contributed by atoms with van der Waals surface area (Å²) in [5, 5.41) is -6.24. The van der Waals surface area contributed by atoms with E-state index in [1.807, 2.05) is 0 Å². The Morgan fingerprint density at radius 1 is 1.00 bits per heavy atom. The molecule has 0 aliphatic carbocycles. The van der Waals surface area contributed by atoms with Crippen LogP contribution < -0.4 is 18.9 Å². The summed E-state index contributed by atoms with van der Waals surface area (Å²) in [4.78, 5) is 0. The van der Waals surface area contributed by atoms with Crippen molar-refractivity contribution in [3.63, 3.8) is 0 Å². The Bertz CT molecular complexity index is 344. The average molecular weight is 483 g/mol. The van der Waals surface area contributed by atoms with Crippen LogP contribution in [-0.2, 0) is 14.9 Å². The second kappa shape index (κ2) is 6.37. The number of rotatable bonds is 2. The van der Waals surface area contributed by atoms with E-state index >= 15 is 0 Å². The molecule has 0 saturated carbocycles. The van der Waals surface area contributed by atoms with E-state index < -0.39 is 27.8 Å². The second-order valence-corrected chi connectivity index (χ2v) is 3.53. The molecule has 0 spiro atoms. The van der Waals surface area contributed by atoms with Crippen LogP contribution in [0.15, 0.2) is 0 Å². The maximum atomic E-state index is 12.4. The number of hydrogen-bond donors (Lipinski definition) is 1. The first kappa shape index (κ1) is 23.0. The molecule has 0 amide bonds. The van der Waals surface area contributed by atoms with Gasteiger partial charge in [0.15, 0.2) is 0 Å². The molecule has 1 atom stereocenters. The van der Waals surface area contributed by atoms with Gasteiger partial charge in [0.1, 0.15) is 0 Å². The van der Waals surface area contributed by atoms with Crippen molar-refractivity contribution in [3.05, 3.63) is 0 Å². The number of hydrogen-bond acceptors (Lipinski definition) is 3. The van der Waals surface area contributed by atoms with E-state index in [1.165, 1.54) is 0 Å². The maximum absolute atomic E-state index is 12.4. The molecule has 4 nitrogen and oxygen atoms in total. The quantitative estimate of drug-likeness (QED) is 0.275. The molecule has 0 aromatic heterocycles. The molecule has 17 heavy (non-hydrogen) atoms. The van der Waals surface area contributed by atoms with Gasteiger partial charge in [-0.2, -0.15) is 26.0 Å². The SMILES string of the molecule is O=S(=O)(O)C(F)(OC(F)(F)F)C(F)(F)F.[H-].[Li+].[PbH2]. The first-order valence-electron chi connectivity index (χ1n) is 2.70. The van der Waals surface area contributed by atoms with Gasteiger partial charge in [0.05, 0.1) is 0 Å². The number of alkyl halides is 7. The summed E-state index contributed by atoms with van der Waals surface area (Å²) in [7, 11) is -6.79. The molecule has 0 heterocycles. The van der Waals surface area contributed by atoms with Gasteiger partial charge in [-0.1, -0.05) is 0 Å². The Balaban J connectivity index is -0.000000327. The van der Waals surface area contributed by atoms with Crippen LogP contribution in [0, 0.1) is 0 Å². The van der Waals surface area contributed by atoms with Crippen molar-refractivity contribution < 1.29 is 68.7 Å². The van der Waals surface area contributed by atoms with Crippen molar-refractivity contribution in [1.82, 2.24) is 0 Å². The van der Waals surface area contributed by atoms with Gasteiger partial charge in [0.25, 0.3) is 0 Å². The van der Waals surface area contributed by atoms with Gasteiger partial charge in [0, 0.05) is 0 Å². The summed E-state index contributed by atoms with van der Waals surface area (Å²) >= 11 is 0. The predicted octanol–water partition coefficient (Wildman–Crippen LogP) is -2.20. The fourth-order valence-corrected chi connectivity index (χ4v) is 0.898. The molecule has 0 aromatic carbocycles. The molecule has 14 heteroatoms. The molecular formula is C3H4F7LiO4PbS. The van der Waals surface area contributed by atoms with E-state index in [1.54, 1.807) is 4.74 Å². The summed E-state index contributed by atoms with van der Waals surface area (Å²) < 4.78 is 110. The van der Waals surface area contributed by atoms with E-state index in [0.717, 1.165) is 0 Å². The van der Waals surface area contributed by atoms with Gasteiger partial charge in [-0.05, 0) is 0 Å². The second-order valence-electron chi connectivity index (χ2n) is 2.06. The third-order valence-corrected chi connectivity index (χ3v) is 1.90. The van der Waals surface area contributed by atoms with E-state index in [-0.39, 0.29) is 47.6 Å². The zero-order chi connectivity index (χ0) is 12.7. The summed E-state index contributed by atoms with van der Waals surface area (Å²) in [5.74, 6) is 0. The van der Waals surface area contributed by atoms with Crippen LogP contribution >= 0.6 is 0 Å². The standard InChI is InChI=1S/C3HF7O4S.Li.Pb.3H/c4-1(5,6)2(7,15(11,12)13)14-3(8,9)10;;;;;/h(H,11,12,13);;;;;/q;+1;;;;-1. The molecule has 1 unspecified atom stereocenters. The van der Waals surface area contributed by atoms with Crippen LogP contribution in [0.5, 0.6) is 0 Å². The van der Waals surface area contributed by atoms with Crippen LogP contribution in [0.2, 0.25) is 0 Å². The Morgan fingerprint density at radius 3 is 1.35 bits per heavy atom. The average Bonchev–Trinajstić information content (AvgIpc) is 1.77. The zero-order valence-corrected chi connectivity index (χ0v) is 14.2. The van der Waals surface area contributed by atoms with Gasteiger partial charge in [-0.3, -0.25) is 4.55 Å². The monoisotopic (exact) mass is 484 g/mol. The van der Waals surface area contributed by atoms with Crippen LogP contribution in [0.1, 0.15) is 1.43 Å². The van der Waals surface area contributed by atoms with E-state index in [0.29, 0.717) is 0 Å². The zero-order valence-electron chi connectivity index (χ0n) is 8.93. The molecular weight excluding hydrogens is 479 g/mol. The molecule has 0 aliphatic heterocycles. The molecule has 100 valence electrons. The molecule has 0 rings (SSSR count). The third-order valence-electron chi connectivity index (χ3n) is 0.917. The van der Waals surface area contributed by atoms with Crippen LogP contribution in [0.4, 0.5) is 30.7 Å². The third kappa shape index (κ3) is 6.05. The topological polar surface area (TPSA) is 63.6 Å². The number of halogens is 7. The molecule has 0 aliphatic rings. The Labute approximate surface area is 123 Å². The fraction of sp³-hybridized carbons (Fsp3) is 1.00. The first-order chi connectivity index (χ1) is 6.21. The molecule has 0 saturated heterocycles. The number of ether oxygens (including phenoxy) is 1. The van der Waals surface area contributed by atoms with Crippen LogP contribution in [-0.4, -0.2) is 58.0 Å². The van der Waals surface area contributed by atoms with Crippen molar-refractivity contribution in [2.45, 2.75) is 17.7 Å². The van der Waals surface area contributed by atoms with Crippen LogP contribution in [0.3, 0.4) is 0 Å². The normalized spacial score (nSPS) is 16.5. The summed E-state index contributed by atoms with van der Waals surface area (Å²) in [5.41, 5.74) is 0. The fourth-order valence-electron chi connectivity index (χ4n) is 0.406. The van der Waals surface area contributed by atoms with Gasteiger partial charge in [-0.25, -0.2) is 4.74 Å². The predicted molar refractivity (Wildman–Crippen MR) is 38.2 cm³/mol. The molecule has 0 bridgehead atoms. The molecule has 2 radical (unpaired) electrons. The minimum atomic E-state index is -6.79. The molecule has 0 aromatic rings. The minimum absolute atomic E-state index is 0. The van der Waals surface area contributed by atoms with Gasteiger partial charge in [-0.15, -0.1) is 13.2 Å². The summed E-state index contributed by atoms with van der Waals surface area (Å²) in [6.45, 7) is 0. The molecule has 1 N–H and O–H groups in total. The van der Waals surface area contributed by atoms with Crippen molar-refractivity contribution in [2.24, 2.45) is 0 Å².